The second kappa shape index (κ2) is 9.99. The van der Waals surface area contributed by atoms with Crippen molar-refractivity contribution >= 4 is 5.97 Å². The van der Waals surface area contributed by atoms with Crippen LogP contribution in [0.2, 0.25) is 0 Å². The van der Waals surface area contributed by atoms with Gasteiger partial charge in [0.2, 0.25) is 0 Å². The SMILES string of the molecule is C/C=C\C(=C/C)CC(N)C(=O)O.CC. The van der Waals surface area contributed by atoms with Crippen LogP contribution in [0.5, 0.6) is 0 Å². The van der Waals surface area contributed by atoms with Crippen molar-refractivity contribution in [2.24, 2.45) is 5.73 Å². The van der Waals surface area contributed by atoms with E-state index in [1.807, 2.05) is 45.9 Å². The molecule has 0 aliphatic carbocycles. The van der Waals surface area contributed by atoms with Crippen molar-refractivity contribution in [2.75, 3.05) is 0 Å². The van der Waals surface area contributed by atoms with Crippen LogP contribution in [0.4, 0.5) is 0 Å². The fourth-order valence-electron chi connectivity index (χ4n) is 0.837. The normalized spacial score (nSPS) is 13.4. The molecule has 0 heterocycles. The van der Waals surface area contributed by atoms with Crippen molar-refractivity contribution < 1.29 is 9.90 Å². The molecule has 14 heavy (non-hydrogen) atoms. The summed E-state index contributed by atoms with van der Waals surface area (Å²) in [5, 5.41) is 8.52. The zero-order valence-corrected chi connectivity index (χ0v) is 9.45. The maximum atomic E-state index is 10.4. The lowest BCUT2D eigenvalue weighted by Crippen LogP contribution is -2.30. The molecule has 3 nitrogen and oxygen atoms in total. The smallest absolute Gasteiger partial charge is 0.320 e. The molecule has 0 aromatic carbocycles. The molecule has 0 amide bonds. The lowest BCUT2D eigenvalue weighted by Gasteiger charge is -2.05. The maximum absolute atomic E-state index is 10.4. The lowest BCUT2D eigenvalue weighted by molar-refractivity contribution is -0.138. The van der Waals surface area contributed by atoms with Gasteiger partial charge in [-0.3, -0.25) is 4.79 Å². The van der Waals surface area contributed by atoms with Crippen LogP contribution in [0.25, 0.3) is 0 Å². The maximum Gasteiger partial charge on any atom is 0.320 e. The van der Waals surface area contributed by atoms with E-state index in [0.29, 0.717) is 6.42 Å². The molecule has 0 aromatic rings. The van der Waals surface area contributed by atoms with E-state index in [0.717, 1.165) is 5.57 Å². The third-order valence-corrected chi connectivity index (χ3v) is 1.52. The van der Waals surface area contributed by atoms with Crippen LogP contribution in [-0.4, -0.2) is 17.1 Å². The van der Waals surface area contributed by atoms with E-state index in [1.54, 1.807) is 0 Å². The van der Waals surface area contributed by atoms with Gasteiger partial charge >= 0.3 is 5.97 Å². The Balaban J connectivity index is 0. The molecule has 0 radical (unpaired) electrons. The van der Waals surface area contributed by atoms with E-state index in [2.05, 4.69) is 0 Å². The number of hydrogen-bond acceptors (Lipinski definition) is 2. The summed E-state index contributed by atoms with van der Waals surface area (Å²) in [6.45, 7) is 7.75. The van der Waals surface area contributed by atoms with Crippen molar-refractivity contribution in [1.29, 1.82) is 0 Å². The Morgan fingerprint density at radius 3 is 2.21 bits per heavy atom. The summed E-state index contributed by atoms with van der Waals surface area (Å²) in [5.74, 6) is -0.959. The number of hydrogen-bond donors (Lipinski definition) is 2. The van der Waals surface area contributed by atoms with Gasteiger partial charge in [0.15, 0.2) is 0 Å². The summed E-state index contributed by atoms with van der Waals surface area (Å²) in [5.41, 5.74) is 6.30. The highest BCUT2D eigenvalue weighted by Crippen LogP contribution is 2.05. The number of carbonyl (C=O) groups is 1. The van der Waals surface area contributed by atoms with E-state index in [1.165, 1.54) is 0 Å². The third kappa shape index (κ3) is 7.55. The second-order valence-corrected chi connectivity index (χ2v) is 2.51. The molecule has 3 N–H and O–H groups in total. The Hall–Kier alpha value is -1.09. The molecule has 0 saturated carbocycles. The van der Waals surface area contributed by atoms with Gasteiger partial charge in [-0.1, -0.05) is 37.6 Å². The summed E-state index contributed by atoms with van der Waals surface area (Å²) in [4.78, 5) is 10.4. The minimum Gasteiger partial charge on any atom is -0.480 e. The summed E-state index contributed by atoms with van der Waals surface area (Å²) in [7, 11) is 0. The minimum absolute atomic E-state index is 0.385. The monoisotopic (exact) mass is 199 g/mol. The van der Waals surface area contributed by atoms with Gasteiger partial charge in [-0.2, -0.15) is 0 Å². The molecule has 1 unspecified atom stereocenters. The molecule has 0 aliphatic rings. The first kappa shape index (κ1) is 15.4. The number of allylic oxidation sites excluding steroid dienone is 3. The third-order valence-electron chi connectivity index (χ3n) is 1.52. The summed E-state index contributed by atoms with van der Waals surface area (Å²) in [6.07, 6.45) is 5.98. The fraction of sp³-hybridized carbons (Fsp3) is 0.545. The number of carboxylic acid groups (broad SMARTS) is 1. The van der Waals surface area contributed by atoms with Crippen LogP contribution in [0, 0.1) is 0 Å². The van der Waals surface area contributed by atoms with Crippen LogP contribution in [0.15, 0.2) is 23.8 Å². The number of aliphatic carboxylic acids is 1. The first-order valence-corrected chi connectivity index (χ1v) is 4.88. The molecular formula is C11H21NO2. The topological polar surface area (TPSA) is 63.3 Å². The van der Waals surface area contributed by atoms with Crippen LogP contribution in [0.3, 0.4) is 0 Å². The largest absolute Gasteiger partial charge is 0.480 e. The van der Waals surface area contributed by atoms with E-state index in [-0.39, 0.29) is 0 Å². The van der Waals surface area contributed by atoms with Crippen LogP contribution in [0.1, 0.15) is 34.1 Å². The van der Waals surface area contributed by atoms with Gasteiger partial charge in [-0.25, -0.2) is 0 Å². The van der Waals surface area contributed by atoms with Gasteiger partial charge in [-0.05, 0) is 20.3 Å². The molecule has 3 heteroatoms. The Labute approximate surface area is 86.3 Å². The van der Waals surface area contributed by atoms with Gasteiger partial charge in [-0.15, -0.1) is 0 Å². The molecule has 0 spiro atoms. The first-order chi connectivity index (χ1) is 6.61. The van der Waals surface area contributed by atoms with Gasteiger partial charge < -0.3 is 10.8 Å². The second-order valence-electron chi connectivity index (χ2n) is 2.51. The zero-order chi connectivity index (χ0) is 11.6. The van der Waals surface area contributed by atoms with Gasteiger partial charge in [0.25, 0.3) is 0 Å². The molecule has 0 saturated heterocycles. The Morgan fingerprint density at radius 1 is 1.43 bits per heavy atom. The summed E-state index contributed by atoms with van der Waals surface area (Å²) < 4.78 is 0. The Morgan fingerprint density at radius 2 is 1.93 bits per heavy atom. The average Bonchev–Trinajstić information content (AvgIpc) is 2.19. The quantitative estimate of drug-likeness (QED) is 0.683. The van der Waals surface area contributed by atoms with Crippen molar-refractivity contribution in [3.8, 4) is 0 Å². The molecule has 1 atom stereocenters. The average molecular weight is 199 g/mol. The zero-order valence-electron chi connectivity index (χ0n) is 9.45. The van der Waals surface area contributed by atoms with E-state index < -0.39 is 12.0 Å². The summed E-state index contributed by atoms with van der Waals surface area (Å²) in [6, 6.07) is -0.799. The highest BCUT2D eigenvalue weighted by molar-refractivity contribution is 5.73. The molecule has 0 aromatic heterocycles. The number of nitrogens with two attached hydrogens (primary N) is 1. The van der Waals surface area contributed by atoms with Gasteiger partial charge in [0, 0.05) is 0 Å². The van der Waals surface area contributed by atoms with Gasteiger partial charge in [0.05, 0.1) is 0 Å². The Bertz CT molecular complexity index is 207. The van der Waals surface area contributed by atoms with Crippen molar-refractivity contribution in [2.45, 2.75) is 40.2 Å². The Kier molecular flexibility index (Phi) is 11.0. The molecule has 0 aliphatic heterocycles. The van der Waals surface area contributed by atoms with E-state index in [4.69, 9.17) is 10.8 Å². The van der Waals surface area contributed by atoms with Gasteiger partial charge in [0.1, 0.15) is 6.04 Å². The van der Waals surface area contributed by atoms with Crippen LogP contribution >= 0.6 is 0 Å². The van der Waals surface area contributed by atoms with E-state index >= 15 is 0 Å². The first-order valence-electron chi connectivity index (χ1n) is 4.88. The fourth-order valence-corrected chi connectivity index (χ4v) is 0.837. The molecule has 82 valence electrons. The van der Waals surface area contributed by atoms with Crippen LogP contribution in [-0.2, 0) is 4.79 Å². The molecular weight excluding hydrogens is 178 g/mol. The van der Waals surface area contributed by atoms with Crippen molar-refractivity contribution in [3.05, 3.63) is 23.8 Å². The lowest BCUT2D eigenvalue weighted by atomic mass is 10.1. The predicted molar refractivity (Wildman–Crippen MR) is 60.1 cm³/mol. The highest BCUT2D eigenvalue weighted by Gasteiger charge is 2.11. The number of carboxylic acids is 1. The molecule has 0 fully saturated rings. The minimum atomic E-state index is -0.959. The summed E-state index contributed by atoms with van der Waals surface area (Å²) >= 11 is 0. The van der Waals surface area contributed by atoms with Crippen molar-refractivity contribution in [1.82, 2.24) is 0 Å². The highest BCUT2D eigenvalue weighted by atomic mass is 16.4. The molecule has 0 bridgehead atoms. The standard InChI is InChI=1S/C9H15NO2.C2H6/c1-3-5-7(4-2)6-8(10)9(11)12;1-2/h3-5,8H,6,10H2,1-2H3,(H,11,12);1-2H3/b5-3-,7-4+;. The predicted octanol–water partition coefficient (Wildman–Crippen LogP) is 2.34. The van der Waals surface area contributed by atoms with E-state index in [9.17, 15) is 4.79 Å². The molecule has 0 rings (SSSR count). The van der Waals surface area contributed by atoms with Crippen LogP contribution < -0.4 is 5.73 Å². The number of rotatable bonds is 4. The van der Waals surface area contributed by atoms with Crippen molar-refractivity contribution in [3.63, 3.8) is 0 Å².